The first kappa shape index (κ1) is 20.6. The van der Waals surface area contributed by atoms with Crippen molar-refractivity contribution in [2.75, 3.05) is 25.0 Å². The number of nitriles is 1. The Morgan fingerprint density at radius 3 is 2.80 bits per heavy atom. The van der Waals surface area contributed by atoms with Crippen LogP contribution in [-0.2, 0) is 9.53 Å². The van der Waals surface area contributed by atoms with E-state index < -0.39 is 6.10 Å². The van der Waals surface area contributed by atoms with Gasteiger partial charge in [-0.3, -0.25) is 4.79 Å². The number of hydrogen-bond donors (Lipinski definition) is 2. The third-order valence-electron chi connectivity index (χ3n) is 6.22. The normalized spacial score (nSPS) is 27.4. The SMILES string of the molecule is CNC1CCCCC(NC(=O)[C@H]2CN(c3ccc(C#N)n4nccc34)C[C@@H](C)O2)C1. The number of pyridine rings is 1. The van der Waals surface area contributed by atoms with Crippen molar-refractivity contribution in [3.63, 3.8) is 0 Å². The Balaban J connectivity index is 1.49. The van der Waals surface area contributed by atoms with E-state index in [1.54, 1.807) is 16.8 Å². The molecule has 4 rings (SSSR count). The van der Waals surface area contributed by atoms with Crippen LogP contribution in [0.1, 0.15) is 44.7 Å². The molecular weight excluding hydrogens is 380 g/mol. The van der Waals surface area contributed by atoms with Gasteiger partial charge in [-0.25, -0.2) is 4.52 Å². The van der Waals surface area contributed by atoms with E-state index in [0.29, 0.717) is 24.8 Å². The summed E-state index contributed by atoms with van der Waals surface area (Å²) in [5.74, 6) is -0.0357. The standard InChI is InChI=1S/C22H30N6O2/c1-15-13-27(19-8-7-18(12-23)28-20(19)9-10-25-28)14-21(30-15)22(29)26-17-6-4-3-5-16(11-17)24-2/h7-10,15-17,21,24H,3-6,11,13-14H2,1-2H3,(H,26,29)/t15-,16?,17?,21-/m1/s1. The zero-order valence-electron chi connectivity index (χ0n) is 17.7. The van der Waals surface area contributed by atoms with Gasteiger partial charge in [0.15, 0.2) is 6.10 Å². The number of fused-ring (bicyclic) bond motifs is 1. The molecule has 0 radical (unpaired) electrons. The minimum atomic E-state index is -0.524. The van der Waals surface area contributed by atoms with Crippen molar-refractivity contribution in [1.29, 1.82) is 5.26 Å². The molecule has 160 valence electrons. The molecule has 8 nitrogen and oxygen atoms in total. The summed E-state index contributed by atoms with van der Waals surface area (Å²) in [5.41, 5.74) is 2.31. The molecule has 2 N–H and O–H groups in total. The Labute approximate surface area is 177 Å². The van der Waals surface area contributed by atoms with Crippen LogP contribution in [0, 0.1) is 11.3 Å². The number of nitrogens with zero attached hydrogens (tertiary/aromatic N) is 4. The molecule has 1 saturated carbocycles. The summed E-state index contributed by atoms with van der Waals surface area (Å²) in [6.07, 6.45) is 6.56. The maximum absolute atomic E-state index is 13.1. The van der Waals surface area contributed by atoms with Gasteiger partial charge in [0.25, 0.3) is 5.91 Å². The number of rotatable bonds is 4. The van der Waals surface area contributed by atoms with Crippen molar-refractivity contribution < 1.29 is 9.53 Å². The number of hydrogen-bond acceptors (Lipinski definition) is 6. The average molecular weight is 411 g/mol. The predicted molar refractivity (Wildman–Crippen MR) is 114 cm³/mol. The highest BCUT2D eigenvalue weighted by atomic mass is 16.5. The van der Waals surface area contributed by atoms with Gasteiger partial charge in [-0.1, -0.05) is 12.8 Å². The summed E-state index contributed by atoms with van der Waals surface area (Å²) in [6, 6.07) is 8.41. The lowest BCUT2D eigenvalue weighted by molar-refractivity contribution is -0.138. The van der Waals surface area contributed by atoms with Crippen LogP contribution in [0.2, 0.25) is 0 Å². The third kappa shape index (κ3) is 4.27. The number of morpholine rings is 1. The van der Waals surface area contributed by atoms with Gasteiger partial charge in [-0.2, -0.15) is 10.4 Å². The number of carbonyl (C=O) groups excluding carboxylic acids is 1. The van der Waals surface area contributed by atoms with E-state index in [-0.39, 0.29) is 18.1 Å². The van der Waals surface area contributed by atoms with E-state index in [1.807, 2.05) is 26.1 Å². The van der Waals surface area contributed by atoms with Crippen molar-refractivity contribution >= 4 is 17.1 Å². The van der Waals surface area contributed by atoms with E-state index in [9.17, 15) is 10.1 Å². The van der Waals surface area contributed by atoms with Gasteiger partial charge in [0.2, 0.25) is 0 Å². The molecule has 0 spiro atoms. The van der Waals surface area contributed by atoms with E-state index in [2.05, 4.69) is 26.7 Å². The number of ether oxygens (including phenoxy) is 1. The van der Waals surface area contributed by atoms with Crippen LogP contribution in [0.5, 0.6) is 0 Å². The molecule has 0 bridgehead atoms. The predicted octanol–water partition coefficient (Wildman–Crippen LogP) is 1.84. The van der Waals surface area contributed by atoms with Crippen LogP contribution in [0.4, 0.5) is 5.69 Å². The average Bonchev–Trinajstić information content (AvgIpc) is 3.13. The highest BCUT2D eigenvalue weighted by Gasteiger charge is 2.33. The molecule has 2 aliphatic rings. The summed E-state index contributed by atoms with van der Waals surface area (Å²) in [7, 11) is 1.99. The Morgan fingerprint density at radius 1 is 1.23 bits per heavy atom. The molecule has 30 heavy (non-hydrogen) atoms. The smallest absolute Gasteiger partial charge is 0.251 e. The maximum atomic E-state index is 13.1. The summed E-state index contributed by atoms with van der Waals surface area (Å²) in [5, 5.41) is 20.2. The van der Waals surface area contributed by atoms with Gasteiger partial charge in [0.1, 0.15) is 11.8 Å². The van der Waals surface area contributed by atoms with Crippen molar-refractivity contribution in [3.8, 4) is 6.07 Å². The molecule has 1 aliphatic heterocycles. The van der Waals surface area contributed by atoms with E-state index in [4.69, 9.17) is 4.74 Å². The largest absolute Gasteiger partial charge is 0.364 e. The van der Waals surface area contributed by atoms with Gasteiger partial charge < -0.3 is 20.3 Å². The molecule has 0 aromatic carbocycles. The molecule has 2 aromatic rings. The fraction of sp³-hybridized carbons (Fsp3) is 0.591. The van der Waals surface area contributed by atoms with Gasteiger partial charge >= 0.3 is 0 Å². The van der Waals surface area contributed by atoms with E-state index in [0.717, 1.165) is 36.9 Å². The third-order valence-corrected chi connectivity index (χ3v) is 6.22. The van der Waals surface area contributed by atoms with Gasteiger partial charge in [-0.05, 0) is 51.4 Å². The van der Waals surface area contributed by atoms with Crippen LogP contribution in [-0.4, -0.2) is 60.0 Å². The zero-order valence-corrected chi connectivity index (χ0v) is 17.7. The number of carbonyl (C=O) groups is 1. The van der Waals surface area contributed by atoms with Crippen LogP contribution < -0.4 is 15.5 Å². The summed E-state index contributed by atoms with van der Waals surface area (Å²) in [4.78, 5) is 15.2. The molecule has 1 saturated heterocycles. The lowest BCUT2D eigenvalue weighted by Gasteiger charge is -2.38. The topological polar surface area (TPSA) is 94.7 Å². The Bertz CT molecular complexity index is 935. The molecule has 8 heteroatoms. The van der Waals surface area contributed by atoms with Gasteiger partial charge in [-0.15, -0.1) is 0 Å². The summed E-state index contributed by atoms with van der Waals surface area (Å²) < 4.78 is 7.67. The van der Waals surface area contributed by atoms with Crippen molar-refractivity contribution in [2.24, 2.45) is 0 Å². The van der Waals surface area contributed by atoms with Crippen LogP contribution in [0.15, 0.2) is 24.4 Å². The zero-order chi connectivity index (χ0) is 21.1. The highest BCUT2D eigenvalue weighted by Crippen LogP contribution is 2.27. The second-order valence-corrected chi connectivity index (χ2v) is 8.40. The second kappa shape index (κ2) is 9.02. The quantitative estimate of drug-likeness (QED) is 0.747. The molecule has 2 fully saturated rings. The fourth-order valence-corrected chi connectivity index (χ4v) is 4.70. The van der Waals surface area contributed by atoms with Crippen LogP contribution >= 0.6 is 0 Å². The van der Waals surface area contributed by atoms with Crippen molar-refractivity contribution in [3.05, 3.63) is 30.1 Å². The molecule has 3 heterocycles. The summed E-state index contributed by atoms with van der Waals surface area (Å²) >= 11 is 0. The number of aromatic nitrogens is 2. The van der Waals surface area contributed by atoms with E-state index >= 15 is 0 Å². The van der Waals surface area contributed by atoms with Gasteiger partial charge in [0, 0.05) is 18.6 Å². The van der Waals surface area contributed by atoms with Crippen LogP contribution in [0.3, 0.4) is 0 Å². The molecule has 1 aliphatic carbocycles. The first-order valence-electron chi connectivity index (χ1n) is 10.8. The Morgan fingerprint density at radius 2 is 2.03 bits per heavy atom. The monoisotopic (exact) mass is 410 g/mol. The maximum Gasteiger partial charge on any atom is 0.251 e. The van der Waals surface area contributed by atoms with Crippen LogP contribution in [0.25, 0.3) is 5.52 Å². The molecule has 4 atom stereocenters. The molecule has 1 amide bonds. The van der Waals surface area contributed by atoms with Gasteiger partial charge in [0.05, 0.1) is 30.0 Å². The molecule has 2 aromatic heterocycles. The fourth-order valence-electron chi connectivity index (χ4n) is 4.70. The second-order valence-electron chi connectivity index (χ2n) is 8.40. The Hall–Kier alpha value is -2.63. The number of amides is 1. The lowest BCUT2D eigenvalue weighted by Crippen LogP contribution is -2.54. The number of nitrogens with one attached hydrogen (secondary N) is 2. The van der Waals surface area contributed by atoms with Crippen molar-refractivity contribution in [2.45, 2.75) is 63.3 Å². The highest BCUT2D eigenvalue weighted by molar-refractivity contribution is 5.83. The van der Waals surface area contributed by atoms with E-state index in [1.165, 1.54) is 6.42 Å². The minimum absolute atomic E-state index is 0.0357. The minimum Gasteiger partial charge on any atom is -0.364 e. The Kier molecular flexibility index (Phi) is 6.21. The van der Waals surface area contributed by atoms with Crippen molar-refractivity contribution in [1.82, 2.24) is 20.2 Å². The first-order chi connectivity index (χ1) is 14.6. The summed E-state index contributed by atoms with van der Waals surface area (Å²) in [6.45, 7) is 3.15. The molecule has 2 unspecified atom stereocenters. The number of anilines is 1. The molecular formula is C22H30N6O2. The first-order valence-corrected chi connectivity index (χ1v) is 10.8. The lowest BCUT2D eigenvalue weighted by atomic mass is 10.1.